The van der Waals surface area contributed by atoms with Crippen LogP contribution in [0, 0.1) is 12.8 Å². The van der Waals surface area contributed by atoms with Crippen molar-refractivity contribution in [1.82, 2.24) is 10.3 Å². The topological polar surface area (TPSA) is 37.4 Å². The Bertz CT molecular complexity index is 450. The Morgan fingerprint density at radius 3 is 2.95 bits per heavy atom. The van der Waals surface area contributed by atoms with Crippen molar-refractivity contribution < 1.29 is 4.74 Å². The molecule has 1 aromatic heterocycles. The van der Waals surface area contributed by atoms with Gasteiger partial charge in [0, 0.05) is 32.4 Å². The first-order valence-corrected chi connectivity index (χ1v) is 8.10. The number of nitrogens with zero attached hydrogens (tertiary/aromatic N) is 2. The van der Waals surface area contributed by atoms with Crippen molar-refractivity contribution in [3.8, 4) is 0 Å². The molecule has 0 amide bonds. The predicted octanol–water partition coefficient (Wildman–Crippen LogP) is 2.75. The minimum Gasteiger partial charge on any atom is -0.379 e. The summed E-state index contributed by atoms with van der Waals surface area (Å²) in [6.07, 6.45) is 2.64. The average molecular weight is 291 g/mol. The molecule has 2 rings (SSSR count). The second-order valence-electron chi connectivity index (χ2n) is 6.14. The first-order chi connectivity index (χ1) is 10.1. The Morgan fingerprint density at radius 1 is 1.43 bits per heavy atom. The van der Waals surface area contributed by atoms with E-state index < -0.39 is 0 Å². The molecule has 2 heterocycles. The van der Waals surface area contributed by atoms with Crippen LogP contribution in [-0.4, -0.2) is 37.8 Å². The van der Waals surface area contributed by atoms with Gasteiger partial charge in [-0.15, -0.1) is 0 Å². The van der Waals surface area contributed by atoms with Crippen molar-refractivity contribution in [1.29, 1.82) is 0 Å². The molecule has 1 fully saturated rings. The second-order valence-corrected chi connectivity index (χ2v) is 6.14. The Labute approximate surface area is 128 Å². The average Bonchev–Trinajstić information content (AvgIpc) is 2.47. The van der Waals surface area contributed by atoms with Crippen LogP contribution in [0.3, 0.4) is 0 Å². The van der Waals surface area contributed by atoms with Gasteiger partial charge in [0.2, 0.25) is 0 Å². The molecule has 1 N–H and O–H groups in total. The largest absolute Gasteiger partial charge is 0.379 e. The van der Waals surface area contributed by atoms with E-state index in [-0.39, 0.29) is 0 Å². The molecule has 2 atom stereocenters. The van der Waals surface area contributed by atoms with Crippen molar-refractivity contribution >= 4 is 5.82 Å². The quantitative estimate of drug-likeness (QED) is 0.818. The first-order valence-electron chi connectivity index (χ1n) is 8.10. The molecule has 0 aromatic carbocycles. The van der Waals surface area contributed by atoms with Crippen molar-refractivity contribution in [3.63, 3.8) is 0 Å². The highest BCUT2D eigenvalue weighted by molar-refractivity contribution is 5.43. The lowest BCUT2D eigenvalue weighted by atomic mass is 9.96. The Balaban J connectivity index is 2.08. The van der Waals surface area contributed by atoms with Crippen LogP contribution in [0.4, 0.5) is 5.82 Å². The molecule has 0 saturated carbocycles. The van der Waals surface area contributed by atoms with E-state index >= 15 is 0 Å². The van der Waals surface area contributed by atoms with Gasteiger partial charge >= 0.3 is 0 Å². The standard InChI is InChI=1S/C17H29N3O/c1-5-7-18-11-15-9-14(3)19-17(10-15)20-8-6-13(2)16(12-20)21-4/h9-10,13,16,18H,5-8,11-12H2,1-4H3. The highest BCUT2D eigenvalue weighted by Gasteiger charge is 2.26. The van der Waals surface area contributed by atoms with Gasteiger partial charge in [0.05, 0.1) is 6.10 Å². The molecule has 0 bridgehead atoms. The molecule has 1 saturated heterocycles. The van der Waals surface area contributed by atoms with E-state index in [2.05, 4.69) is 43.1 Å². The fourth-order valence-electron chi connectivity index (χ4n) is 2.94. The summed E-state index contributed by atoms with van der Waals surface area (Å²) < 4.78 is 5.61. The number of hydrogen-bond acceptors (Lipinski definition) is 4. The fraction of sp³-hybridized carbons (Fsp3) is 0.706. The van der Waals surface area contributed by atoms with Crippen LogP contribution in [-0.2, 0) is 11.3 Å². The van der Waals surface area contributed by atoms with Crippen LogP contribution in [0.15, 0.2) is 12.1 Å². The third-order valence-corrected chi connectivity index (χ3v) is 4.27. The number of methoxy groups -OCH3 is 1. The molecule has 0 spiro atoms. The van der Waals surface area contributed by atoms with Gasteiger partial charge in [-0.2, -0.15) is 0 Å². The van der Waals surface area contributed by atoms with E-state index in [1.807, 2.05) is 7.11 Å². The summed E-state index contributed by atoms with van der Waals surface area (Å²) >= 11 is 0. The summed E-state index contributed by atoms with van der Waals surface area (Å²) in [5.41, 5.74) is 2.41. The zero-order valence-corrected chi connectivity index (χ0v) is 13.9. The molecule has 0 aliphatic carbocycles. The zero-order valence-electron chi connectivity index (χ0n) is 13.9. The molecule has 4 heteroatoms. The van der Waals surface area contributed by atoms with E-state index in [1.165, 1.54) is 5.56 Å². The third kappa shape index (κ3) is 4.42. The number of aryl methyl sites for hydroxylation is 1. The highest BCUT2D eigenvalue weighted by Crippen LogP contribution is 2.24. The van der Waals surface area contributed by atoms with E-state index in [0.717, 1.165) is 50.5 Å². The lowest BCUT2D eigenvalue weighted by Crippen LogP contribution is -2.44. The Morgan fingerprint density at radius 2 is 2.24 bits per heavy atom. The van der Waals surface area contributed by atoms with Crippen molar-refractivity contribution in [2.24, 2.45) is 5.92 Å². The summed E-state index contributed by atoms with van der Waals surface area (Å²) in [6.45, 7) is 10.5. The molecule has 1 aliphatic rings. The van der Waals surface area contributed by atoms with Crippen molar-refractivity contribution in [3.05, 3.63) is 23.4 Å². The molecule has 2 unspecified atom stereocenters. The number of nitrogens with one attached hydrogen (secondary N) is 1. The number of aromatic nitrogens is 1. The molecule has 21 heavy (non-hydrogen) atoms. The maximum Gasteiger partial charge on any atom is 0.129 e. The summed E-state index contributed by atoms with van der Waals surface area (Å²) in [7, 11) is 1.81. The lowest BCUT2D eigenvalue weighted by molar-refractivity contribution is 0.0496. The normalized spacial score (nSPS) is 22.6. The maximum absolute atomic E-state index is 5.61. The van der Waals surface area contributed by atoms with Crippen LogP contribution >= 0.6 is 0 Å². The molecular weight excluding hydrogens is 262 g/mol. The smallest absolute Gasteiger partial charge is 0.129 e. The molecule has 4 nitrogen and oxygen atoms in total. The van der Waals surface area contributed by atoms with Gasteiger partial charge in [-0.1, -0.05) is 13.8 Å². The second kappa shape index (κ2) is 7.76. The van der Waals surface area contributed by atoms with Crippen LogP contribution in [0.2, 0.25) is 0 Å². The van der Waals surface area contributed by atoms with Crippen LogP contribution in [0.25, 0.3) is 0 Å². The molecule has 0 radical (unpaired) electrons. The van der Waals surface area contributed by atoms with Gasteiger partial charge in [0.25, 0.3) is 0 Å². The number of anilines is 1. The van der Waals surface area contributed by atoms with Crippen molar-refractivity contribution in [2.75, 3.05) is 31.6 Å². The van der Waals surface area contributed by atoms with Gasteiger partial charge < -0.3 is 15.0 Å². The van der Waals surface area contributed by atoms with E-state index in [9.17, 15) is 0 Å². The van der Waals surface area contributed by atoms with Crippen LogP contribution < -0.4 is 10.2 Å². The first kappa shape index (κ1) is 16.2. The molecular formula is C17H29N3O. The Kier molecular flexibility index (Phi) is 6.00. The van der Waals surface area contributed by atoms with Crippen LogP contribution in [0.1, 0.15) is 37.9 Å². The Hall–Kier alpha value is -1.13. The summed E-state index contributed by atoms with van der Waals surface area (Å²) in [5.74, 6) is 1.72. The van der Waals surface area contributed by atoms with Gasteiger partial charge in [-0.25, -0.2) is 4.98 Å². The minimum absolute atomic E-state index is 0.308. The van der Waals surface area contributed by atoms with Crippen LogP contribution in [0.5, 0.6) is 0 Å². The molecule has 118 valence electrons. The summed E-state index contributed by atoms with van der Waals surface area (Å²) in [5, 5.41) is 3.46. The summed E-state index contributed by atoms with van der Waals surface area (Å²) in [4.78, 5) is 7.09. The van der Waals surface area contributed by atoms with Gasteiger partial charge in [-0.05, 0) is 49.9 Å². The van der Waals surface area contributed by atoms with E-state index in [1.54, 1.807) is 0 Å². The van der Waals surface area contributed by atoms with Gasteiger partial charge in [-0.3, -0.25) is 0 Å². The number of hydrogen-bond donors (Lipinski definition) is 1. The minimum atomic E-state index is 0.308. The van der Waals surface area contributed by atoms with Gasteiger partial charge in [0.1, 0.15) is 5.82 Å². The van der Waals surface area contributed by atoms with E-state index in [4.69, 9.17) is 9.72 Å². The number of piperidine rings is 1. The number of pyridine rings is 1. The highest BCUT2D eigenvalue weighted by atomic mass is 16.5. The third-order valence-electron chi connectivity index (χ3n) is 4.27. The summed E-state index contributed by atoms with van der Waals surface area (Å²) in [6, 6.07) is 4.39. The van der Waals surface area contributed by atoms with E-state index in [0.29, 0.717) is 12.0 Å². The van der Waals surface area contributed by atoms with Crippen molar-refractivity contribution in [2.45, 2.75) is 46.3 Å². The monoisotopic (exact) mass is 291 g/mol. The number of ether oxygens (including phenoxy) is 1. The lowest BCUT2D eigenvalue weighted by Gasteiger charge is -2.37. The maximum atomic E-state index is 5.61. The fourth-order valence-corrected chi connectivity index (χ4v) is 2.94. The zero-order chi connectivity index (χ0) is 15.2. The molecule has 1 aliphatic heterocycles. The molecule has 1 aromatic rings. The predicted molar refractivity (Wildman–Crippen MR) is 87.8 cm³/mol. The SMILES string of the molecule is CCCNCc1cc(C)nc(N2CCC(C)C(OC)C2)c1. The van der Waals surface area contributed by atoms with Gasteiger partial charge in [0.15, 0.2) is 0 Å². The number of rotatable bonds is 6.